The molecule has 2 aliphatic heterocycles. The first-order chi connectivity index (χ1) is 25.2. The molecule has 0 atom stereocenters. The molecular formula is C39H49N5O6S2. The molecule has 1 aromatic heterocycles. The molecule has 2 fully saturated rings. The van der Waals surface area contributed by atoms with E-state index in [1.54, 1.807) is 47.6 Å². The van der Waals surface area contributed by atoms with Gasteiger partial charge in [0.25, 0.3) is 0 Å². The third-order valence-corrected chi connectivity index (χ3v) is 14.2. The monoisotopic (exact) mass is 747 g/mol. The van der Waals surface area contributed by atoms with Crippen LogP contribution >= 0.6 is 0 Å². The molecule has 0 radical (unpaired) electrons. The molecule has 52 heavy (non-hydrogen) atoms. The number of hydrogen-bond donors (Lipinski definition) is 0. The van der Waals surface area contributed by atoms with Gasteiger partial charge in [0.15, 0.2) is 0 Å². The Labute approximate surface area is 307 Å². The summed E-state index contributed by atoms with van der Waals surface area (Å²) in [5, 5.41) is 3.03. The van der Waals surface area contributed by atoms with E-state index in [9.17, 15) is 26.4 Å². The van der Waals surface area contributed by atoms with Gasteiger partial charge in [-0.05, 0) is 49.3 Å². The van der Waals surface area contributed by atoms with Crippen LogP contribution in [0, 0.1) is 0 Å². The second-order valence-corrected chi connectivity index (χ2v) is 17.5. The second kappa shape index (κ2) is 17.3. The molecule has 0 aliphatic carbocycles. The van der Waals surface area contributed by atoms with Crippen LogP contribution < -0.4 is 0 Å². The molecule has 0 bridgehead atoms. The van der Waals surface area contributed by atoms with Crippen LogP contribution in [0.1, 0.15) is 64.2 Å². The minimum absolute atomic E-state index is 0.0713. The van der Waals surface area contributed by atoms with Crippen LogP contribution in [-0.4, -0.2) is 104 Å². The quantitative estimate of drug-likeness (QED) is 0.162. The van der Waals surface area contributed by atoms with Crippen molar-refractivity contribution >= 4 is 53.4 Å². The minimum Gasteiger partial charge on any atom is -0.341 e. The van der Waals surface area contributed by atoms with Gasteiger partial charge in [-0.1, -0.05) is 74.2 Å². The number of pyridine rings is 1. The standard InChI is InChI=1S/C39H49N5O6S2/c45-38(41-23-11-25-43(29-27-41)51(47,48)36-17-9-14-32-13-7-8-16-34(32)36)19-5-3-1-2-4-6-20-39(46)42-24-12-26-44(30-28-42)52(49,50)37-18-10-15-33-31-40-22-21-35(33)37/h7-10,13-18,21-22,31H,1-6,11-12,19-20,23-30H2. The van der Waals surface area contributed by atoms with Crippen LogP contribution in [0.15, 0.2) is 88.9 Å². The first kappa shape index (κ1) is 37.8. The molecule has 0 saturated carbocycles. The Morgan fingerprint density at radius 1 is 0.519 bits per heavy atom. The molecule has 2 aliphatic rings. The highest BCUT2D eigenvalue weighted by atomic mass is 32.2. The number of nitrogens with zero attached hydrogens (tertiary/aromatic N) is 5. The van der Waals surface area contributed by atoms with Gasteiger partial charge in [-0.2, -0.15) is 8.61 Å². The predicted octanol–water partition coefficient (Wildman–Crippen LogP) is 5.66. The van der Waals surface area contributed by atoms with E-state index in [0.29, 0.717) is 80.6 Å². The fraction of sp³-hybridized carbons (Fsp3) is 0.462. The molecule has 3 heterocycles. The number of benzene rings is 3. The zero-order valence-corrected chi connectivity index (χ0v) is 31.4. The average Bonchev–Trinajstić information content (AvgIpc) is 3.58. The Balaban J connectivity index is 0.863. The molecule has 3 aromatic carbocycles. The Bertz CT molecular complexity index is 1930. The number of aromatic nitrogens is 1. The summed E-state index contributed by atoms with van der Waals surface area (Å²) >= 11 is 0. The van der Waals surface area contributed by atoms with Crippen LogP contribution in [0.5, 0.6) is 0 Å². The molecule has 13 heteroatoms. The van der Waals surface area contributed by atoms with Gasteiger partial charge in [-0.25, -0.2) is 16.8 Å². The Morgan fingerprint density at radius 3 is 1.58 bits per heavy atom. The highest BCUT2D eigenvalue weighted by molar-refractivity contribution is 7.89. The fourth-order valence-corrected chi connectivity index (χ4v) is 10.7. The molecule has 0 unspecified atom stereocenters. The summed E-state index contributed by atoms with van der Waals surface area (Å²) in [6.45, 7) is 3.20. The summed E-state index contributed by atoms with van der Waals surface area (Å²) in [5.41, 5.74) is 0. The van der Waals surface area contributed by atoms with E-state index in [4.69, 9.17) is 0 Å². The lowest BCUT2D eigenvalue weighted by molar-refractivity contribution is -0.132. The largest absolute Gasteiger partial charge is 0.341 e. The van der Waals surface area contributed by atoms with Crippen molar-refractivity contribution in [2.24, 2.45) is 0 Å². The molecular weight excluding hydrogens is 699 g/mol. The van der Waals surface area contributed by atoms with Gasteiger partial charge in [0.1, 0.15) is 0 Å². The van der Waals surface area contributed by atoms with Crippen molar-refractivity contribution < 1.29 is 26.4 Å². The van der Waals surface area contributed by atoms with Crippen molar-refractivity contribution in [2.75, 3.05) is 52.4 Å². The summed E-state index contributed by atoms with van der Waals surface area (Å²) in [4.78, 5) is 34.3. The van der Waals surface area contributed by atoms with Crippen molar-refractivity contribution in [1.29, 1.82) is 0 Å². The number of hydrogen-bond acceptors (Lipinski definition) is 7. The maximum atomic E-state index is 13.6. The molecule has 278 valence electrons. The van der Waals surface area contributed by atoms with Crippen LogP contribution in [0.3, 0.4) is 0 Å². The first-order valence-electron chi connectivity index (χ1n) is 18.5. The lowest BCUT2D eigenvalue weighted by atomic mass is 10.1. The summed E-state index contributed by atoms with van der Waals surface area (Å²) < 4.78 is 57.3. The van der Waals surface area contributed by atoms with Gasteiger partial charge < -0.3 is 9.80 Å². The molecule has 4 aromatic rings. The minimum atomic E-state index is -3.71. The van der Waals surface area contributed by atoms with Crippen molar-refractivity contribution in [3.8, 4) is 0 Å². The average molecular weight is 748 g/mol. The van der Waals surface area contributed by atoms with Crippen LogP contribution in [0.2, 0.25) is 0 Å². The molecule has 0 N–H and O–H groups in total. The van der Waals surface area contributed by atoms with E-state index in [1.807, 2.05) is 41.3 Å². The molecule has 2 saturated heterocycles. The lowest BCUT2D eigenvalue weighted by Crippen LogP contribution is -2.37. The van der Waals surface area contributed by atoms with Crippen LogP contribution in [-0.2, 0) is 29.6 Å². The first-order valence-corrected chi connectivity index (χ1v) is 21.4. The third-order valence-electron chi connectivity index (χ3n) is 10.3. The summed E-state index contributed by atoms with van der Waals surface area (Å²) in [7, 11) is -7.39. The normalized spacial score (nSPS) is 16.9. The maximum absolute atomic E-state index is 13.6. The number of rotatable bonds is 13. The number of carbonyl (C=O) groups is 2. The van der Waals surface area contributed by atoms with Crippen molar-refractivity contribution in [1.82, 2.24) is 23.4 Å². The maximum Gasteiger partial charge on any atom is 0.243 e. The van der Waals surface area contributed by atoms with Crippen molar-refractivity contribution in [2.45, 2.75) is 74.0 Å². The SMILES string of the molecule is O=C(CCCCCCCCC(=O)N1CCCN(S(=O)(=O)c2cccc3cnccc23)CC1)N1CCCN(S(=O)(=O)c2cccc3ccccc23)CC1. The van der Waals surface area contributed by atoms with E-state index in [0.717, 1.165) is 49.3 Å². The van der Waals surface area contributed by atoms with E-state index < -0.39 is 20.0 Å². The lowest BCUT2D eigenvalue weighted by Gasteiger charge is -2.22. The molecule has 2 amide bonds. The van der Waals surface area contributed by atoms with Crippen LogP contribution in [0.4, 0.5) is 0 Å². The highest BCUT2D eigenvalue weighted by Gasteiger charge is 2.31. The van der Waals surface area contributed by atoms with E-state index in [2.05, 4.69) is 4.98 Å². The van der Waals surface area contributed by atoms with Gasteiger partial charge in [0, 0.05) is 93.8 Å². The van der Waals surface area contributed by atoms with Gasteiger partial charge >= 0.3 is 0 Å². The van der Waals surface area contributed by atoms with Gasteiger partial charge in [-0.15, -0.1) is 0 Å². The number of unbranched alkanes of at least 4 members (excludes halogenated alkanes) is 5. The van der Waals surface area contributed by atoms with Gasteiger partial charge in [0.2, 0.25) is 31.9 Å². The Kier molecular flexibility index (Phi) is 12.6. The van der Waals surface area contributed by atoms with Gasteiger partial charge in [0.05, 0.1) is 9.79 Å². The van der Waals surface area contributed by atoms with Crippen molar-refractivity contribution in [3.05, 3.63) is 79.1 Å². The summed E-state index contributed by atoms with van der Waals surface area (Å²) in [6, 6.07) is 19.8. The fourth-order valence-electron chi connectivity index (χ4n) is 7.36. The van der Waals surface area contributed by atoms with E-state index >= 15 is 0 Å². The third kappa shape index (κ3) is 8.82. The Hall–Kier alpha value is -3.91. The number of amides is 2. The smallest absolute Gasteiger partial charge is 0.243 e. The predicted molar refractivity (Wildman–Crippen MR) is 203 cm³/mol. The van der Waals surface area contributed by atoms with Crippen molar-refractivity contribution in [3.63, 3.8) is 0 Å². The zero-order valence-electron chi connectivity index (χ0n) is 29.7. The zero-order chi connectivity index (χ0) is 36.6. The Morgan fingerprint density at radius 2 is 1.00 bits per heavy atom. The molecule has 11 nitrogen and oxygen atoms in total. The highest BCUT2D eigenvalue weighted by Crippen LogP contribution is 2.28. The van der Waals surface area contributed by atoms with E-state index in [1.165, 1.54) is 8.61 Å². The van der Waals surface area contributed by atoms with E-state index in [-0.39, 0.29) is 29.8 Å². The van der Waals surface area contributed by atoms with Gasteiger partial charge in [-0.3, -0.25) is 14.6 Å². The molecule has 0 spiro atoms. The topological polar surface area (TPSA) is 128 Å². The second-order valence-electron chi connectivity index (χ2n) is 13.7. The summed E-state index contributed by atoms with van der Waals surface area (Å²) in [5.74, 6) is 0.148. The van der Waals surface area contributed by atoms with Crippen LogP contribution in [0.25, 0.3) is 21.5 Å². The molecule has 6 rings (SSSR count). The number of sulfonamides is 2. The number of carbonyl (C=O) groups excluding carboxylic acids is 2. The summed E-state index contributed by atoms with van der Waals surface area (Å²) in [6.07, 6.45) is 10.8. The number of fused-ring (bicyclic) bond motifs is 2.